The first kappa shape index (κ1) is 24.9. The molecule has 7 nitrogen and oxygen atoms in total. The summed E-state index contributed by atoms with van der Waals surface area (Å²) in [6, 6.07) is 20.9. The number of aromatic nitrogens is 3. The fourth-order valence-electron chi connectivity index (χ4n) is 5.34. The monoisotopic (exact) mass is 520 g/mol. The number of nitrogen functional groups attached to an aromatic ring is 1. The molecule has 3 aromatic carbocycles. The Bertz CT molecular complexity index is 1690. The number of nitrogens with zero attached hydrogens (tertiary/aromatic N) is 3. The highest BCUT2D eigenvalue weighted by molar-refractivity contribution is 6.02. The maximum atomic E-state index is 12.2. The van der Waals surface area contributed by atoms with Gasteiger partial charge in [0.1, 0.15) is 18.2 Å². The quantitative estimate of drug-likeness (QED) is 0.233. The molecule has 0 radical (unpaired) electrons. The number of anilines is 1. The number of benzene rings is 3. The molecule has 39 heavy (non-hydrogen) atoms. The SMILES string of the molecule is CCOC(=O)Cc1ccc(C)cc1OCc1c2cc(-c3cccc4c(N)nccc34)ccc2nn1C1CCC1. The number of hydrogen-bond acceptors (Lipinski definition) is 6. The number of rotatable bonds is 8. The molecule has 0 saturated heterocycles. The van der Waals surface area contributed by atoms with Crippen LogP contribution < -0.4 is 10.5 Å². The number of aryl methyl sites for hydroxylation is 1. The van der Waals surface area contributed by atoms with E-state index >= 15 is 0 Å². The van der Waals surface area contributed by atoms with Gasteiger partial charge in [-0.05, 0) is 79.5 Å². The third-order valence-corrected chi connectivity index (χ3v) is 7.60. The minimum Gasteiger partial charge on any atom is -0.487 e. The lowest BCUT2D eigenvalue weighted by molar-refractivity contribution is -0.142. The summed E-state index contributed by atoms with van der Waals surface area (Å²) in [7, 11) is 0. The van der Waals surface area contributed by atoms with Gasteiger partial charge in [0.25, 0.3) is 0 Å². The van der Waals surface area contributed by atoms with Gasteiger partial charge in [-0.3, -0.25) is 9.48 Å². The van der Waals surface area contributed by atoms with Gasteiger partial charge >= 0.3 is 5.97 Å². The Morgan fingerprint density at radius 1 is 1.05 bits per heavy atom. The van der Waals surface area contributed by atoms with Crippen LogP contribution >= 0.6 is 0 Å². The van der Waals surface area contributed by atoms with Gasteiger partial charge in [-0.25, -0.2) is 4.98 Å². The number of esters is 1. The molecular formula is C32H32N4O3. The summed E-state index contributed by atoms with van der Waals surface area (Å²) in [5.41, 5.74) is 12.2. The molecule has 0 atom stereocenters. The molecule has 2 heterocycles. The minimum absolute atomic E-state index is 0.176. The summed E-state index contributed by atoms with van der Waals surface area (Å²) < 4.78 is 13.8. The molecule has 0 unspecified atom stereocenters. The maximum Gasteiger partial charge on any atom is 0.310 e. The first-order valence-electron chi connectivity index (χ1n) is 13.5. The van der Waals surface area contributed by atoms with Crippen molar-refractivity contribution in [2.45, 2.75) is 52.2 Å². The van der Waals surface area contributed by atoms with Gasteiger partial charge in [0.2, 0.25) is 0 Å². The molecule has 1 fully saturated rings. The van der Waals surface area contributed by atoms with Crippen LogP contribution in [0.3, 0.4) is 0 Å². The molecule has 1 aliphatic rings. The van der Waals surface area contributed by atoms with Gasteiger partial charge in [-0.2, -0.15) is 5.10 Å². The predicted octanol–water partition coefficient (Wildman–Crippen LogP) is 6.55. The summed E-state index contributed by atoms with van der Waals surface area (Å²) in [5, 5.41) is 8.08. The van der Waals surface area contributed by atoms with E-state index in [9.17, 15) is 4.79 Å². The number of fused-ring (bicyclic) bond motifs is 2. The topological polar surface area (TPSA) is 92.3 Å². The van der Waals surface area contributed by atoms with Crippen molar-refractivity contribution in [1.82, 2.24) is 14.8 Å². The number of nitrogens with two attached hydrogens (primary N) is 1. The minimum atomic E-state index is -0.258. The van der Waals surface area contributed by atoms with Crippen LogP contribution in [-0.4, -0.2) is 27.3 Å². The average Bonchev–Trinajstić information content (AvgIpc) is 3.24. The Labute approximate surface area is 227 Å². The summed E-state index contributed by atoms with van der Waals surface area (Å²) in [6.45, 7) is 4.54. The van der Waals surface area contributed by atoms with Gasteiger partial charge in [0.05, 0.1) is 30.3 Å². The highest BCUT2D eigenvalue weighted by Gasteiger charge is 2.25. The van der Waals surface area contributed by atoms with Crippen molar-refractivity contribution in [3.8, 4) is 16.9 Å². The zero-order chi connectivity index (χ0) is 26.9. The van der Waals surface area contributed by atoms with E-state index in [2.05, 4.69) is 33.9 Å². The molecule has 2 aromatic heterocycles. The molecule has 2 N–H and O–H groups in total. The molecule has 1 saturated carbocycles. The summed E-state index contributed by atoms with van der Waals surface area (Å²) in [6.07, 6.45) is 5.36. The van der Waals surface area contributed by atoms with Crippen LogP contribution in [0.2, 0.25) is 0 Å². The van der Waals surface area contributed by atoms with Crippen LogP contribution in [0.1, 0.15) is 49.0 Å². The zero-order valence-corrected chi connectivity index (χ0v) is 22.3. The first-order valence-corrected chi connectivity index (χ1v) is 13.5. The van der Waals surface area contributed by atoms with Crippen LogP contribution in [0.4, 0.5) is 5.82 Å². The molecule has 7 heteroatoms. The Balaban J connectivity index is 1.40. The first-order chi connectivity index (χ1) is 19.0. The van der Waals surface area contributed by atoms with Gasteiger partial charge < -0.3 is 15.2 Å². The van der Waals surface area contributed by atoms with Crippen molar-refractivity contribution in [3.63, 3.8) is 0 Å². The Hall–Kier alpha value is -4.39. The predicted molar refractivity (Wildman–Crippen MR) is 154 cm³/mol. The lowest BCUT2D eigenvalue weighted by Gasteiger charge is -2.27. The highest BCUT2D eigenvalue weighted by Crippen LogP contribution is 2.37. The summed E-state index contributed by atoms with van der Waals surface area (Å²) in [4.78, 5) is 16.5. The lowest BCUT2D eigenvalue weighted by atomic mass is 9.93. The second-order valence-corrected chi connectivity index (χ2v) is 10.2. The molecule has 5 aromatic rings. The van der Waals surface area contributed by atoms with Gasteiger partial charge in [-0.15, -0.1) is 0 Å². The van der Waals surface area contributed by atoms with E-state index < -0.39 is 0 Å². The highest BCUT2D eigenvalue weighted by atomic mass is 16.5. The van der Waals surface area contributed by atoms with Crippen LogP contribution in [0.5, 0.6) is 5.75 Å². The molecule has 0 bridgehead atoms. The van der Waals surface area contributed by atoms with Crippen molar-refractivity contribution in [1.29, 1.82) is 0 Å². The maximum absolute atomic E-state index is 12.2. The van der Waals surface area contributed by atoms with Gasteiger partial charge in [0.15, 0.2) is 0 Å². The van der Waals surface area contributed by atoms with Crippen LogP contribution in [0.15, 0.2) is 66.9 Å². The van der Waals surface area contributed by atoms with Gasteiger partial charge in [-0.1, -0.05) is 36.4 Å². The number of carbonyl (C=O) groups excluding carboxylic acids is 1. The molecule has 0 aliphatic heterocycles. The number of hydrogen-bond donors (Lipinski definition) is 1. The Morgan fingerprint density at radius 2 is 1.92 bits per heavy atom. The standard InChI is InChI=1S/C32H32N4O3/c1-3-38-31(37)18-22-11-10-20(2)16-30(22)39-19-29-27-17-21(12-13-28(27)35-36(29)23-6-4-7-23)24-8-5-9-26-25(24)14-15-34-32(26)33/h5,8-17,23H,3-4,6-7,18-19H2,1-2H3,(H2,33,34). The van der Waals surface area contributed by atoms with Crippen LogP contribution in [0.25, 0.3) is 32.8 Å². The molecule has 0 spiro atoms. The second kappa shape index (κ2) is 10.4. The molecule has 198 valence electrons. The lowest BCUT2D eigenvalue weighted by Crippen LogP contribution is -2.21. The second-order valence-electron chi connectivity index (χ2n) is 10.2. The summed E-state index contributed by atoms with van der Waals surface area (Å²) in [5.74, 6) is 0.969. The van der Waals surface area contributed by atoms with E-state index in [4.69, 9.17) is 20.3 Å². The van der Waals surface area contributed by atoms with Crippen molar-refractivity contribution < 1.29 is 14.3 Å². The smallest absolute Gasteiger partial charge is 0.310 e. The van der Waals surface area contributed by atoms with Crippen LogP contribution in [-0.2, 0) is 22.6 Å². The third-order valence-electron chi connectivity index (χ3n) is 7.60. The number of pyridine rings is 1. The number of ether oxygens (including phenoxy) is 2. The third kappa shape index (κ3) is 4.80. The van der Waals surface area contributed by atoms with Crippen molar-refractivity contribution in [2.75, 3.05) is 12.3 Å². The van der Waals surface area contributed by atoms with E-state index in [1.165, 1.54) is 6.42 Å². The Morgan fingerprint density at radius 3 is 2.72 bits per heavy atom. The summed E-state index contributed by atoms with van der Waals surface area (Å²) >= 11 is 0. The van der Waals surface area contributed by atoms with Crippen molar-refractivity contribution >= 4 is 33.5 Å². The van der Waals surface area contributed by atoms with Gasteiger partial charge in [0, 0.05) is 22.5 Å². The molecule has 1 aliphatic carbocycles. The zero-order valence-electron chi connectivity index (χ0n) is 22.3. The number of carbonyl (C=O) groups is 1. The average molecular weight is 521 g/mol. The van der Waals surface area contributed by atoms with Crippen LogP contribution in [0, 0.1) is 6.92 Å². The fourth-order valence-corrected chi connectivity index (χ4v) is 5.34. The van der Waals surface area contributed by atoms with E-state index in [1.807, 2.05) is 50.2 Å². The largest absolute Gasteiger partial charge is 0.487 e. The molecular weight excluding hydrogens is 488 g/mol. The van der Waals surface area contributed by atoms with E-state index in [0.717, 1.165) is 62.5 Å². The normalized spacial score (nSPS) is 13.5. The molecule has 0 amide bonds. The van der Waals surface area contributed by atoms with E-state index in [0.29, 0.717) is 30.8 Å². The van der Waals surface area contributed by atoms with E-state index in [-0.39, 0.29) is 12.4 Å². The van der Waals surface area contributed by atoms with E-state index in [1.54, 1.807) is 6.20 Å². The van der Waals surface area contributed by atoms with Crippen molar-refractivity contribution in [2.24, 2.45) is 0 Å². The van der Waals surface area contributed by atoms with Crippen molar-refractivity contribution in [3.05, 3.63) is 83.7 Å². The Kier molecular flexibility index (Phi) is 6.65. The molecule has 6 rings (SSSR count). The fraction of sp³-hybridized carbons (Fsp3) is 0.281.